The lowest BCUT2D eigenvalue weighted by Gasteiger charge is -1.99. The van der Waals surface area contributed by atoms with E-state index < -0.39 is 23.2 Å². The van der Waals surface area contributed by atoms with Crippen molar-refractivity contribution in [3.05, 3.63) is 57.3 Å². The van der Waals surface area contributed by atoms with Gasteiger partial charge in [0.25, 0.3) is 5.56 Å². The number of hydrogen-bond acceptors (Lipinski definition) is 4. The third kappa shape index (κ3) is 2.53. The van der Waals surface area contributed by atoms with Crippen LogP contribution >= 0.6 is 11.3 Å². The normalized spacial score (nSPS) is 10.8. The molecule has 0 saturated heterocycles. The quantitative estimate of drug-likeness (QED) is 0.774. The number of nitrogens with one attached hydrogen (secondary N) is 1. The highest BCUT2D eigenvalue weighted by Crippen LogP contribution is 2.20. The van der Waals surface area contributed by atoms with Crippen LogP contribution in [-0.2, 0) is 0 Å². The molecular formula is C13H7F2N3O3S. The van der Waals surface area contributed by atoms with Crippen LogP contribution in [0.2, 0.25) is 0 Å². The second-order valence-electron chi connectivity index (χ2n) is 4.32. The van der Waals surface area contributed by atoms with Gasteiger partial charge in [0, 0.05) is 23.1 Å². The molecule has 22 heavy (non-hydrogen) atoms. The maximum atomic E-state index is 13.2. The van der Waals surface area contributed by atoms with Crippen molar-refractivity contribution in [1.82, 2.24) is 14.8 Å². The van der Waals surface area contributed by atoms with Crippen LogP contribution in [0.1, 0.15) is 10.5 Å². The summed E-state index contributed by atoms with van der Waals surface area (Å²) in [4.78, 5) is 26.5. The van der Waals surface area contributed by atoms with Crippen LogP contribution in [0.4, 0.5) is 8.78 Å². The molecule has 3 aromatic rings. The highest BCUT2D eigenvalue weighted by molar-refractivity contribution is 7.12. The standard InChI is InChI=1S/C13H7F2N3O3S/c14-7-1-6(2-8(15)3-7)9-4-11(19)18(17-9)13-16-10(5-22-13)12(20)21/h1-5,17H,(H,20,21). The van der Waals surface area contributed by atoms with Gasteiger partial charge in [-0.05, 0) is 12.1 Å². The molecule has 9 heteroatoms. The topological polar surface area (TPSA) is 88.0 Å². The molecule has 2 aromatic heterocycles. The number of thiazole rings is 1. The van der Waals surface area contributed by atoms with Crippen molar-refractivity contribution in [2.45, 2.75) is 0 Å². The first-order valence-corrected chi connectivity index (χ1v) is 6.80. The molecule has 0 radical (unpaired) electrons. The number of aromatic amines is 1. The van der Waals surface area contributed by atoms with Crippen molar-refractivity contribution in [2.75, 3.05) is 0 Å². The number of carboxylic acids is 1. The Morgan fingerprint density at radius 1 is 1.23 bits per heavy atom. The minimum absolute atomic E-state index is 0.116. The Morgan fingerprint density at radius 3 is 2.50 bits per heavy atom. The van der Waals surface area contributed by atoms with Gasteiger partial charge in [0.2, 0.25) is 5.13 Å². The maximum Gasteiger partial charge on any atom is 0.355 e. The van der Waals surface area contributed by atoms with Gasteiger partial charge in [-0.3, -0.25) is 9.89 Å². The Hall–Kier alpha value is -2.81. The lowest BCUT2D eigenvalue weighted by Crippen LogP contribution is -2.13. The molecule has 0 atom stereocenters. The summed E-state index contributed by atoms with van der Waals surface area (Å²) in [5.41, 5.74) is -0.371. The molecule has 1 aromatic carbocycles. The Balaban J connectivity index is 2.07. The average Bonchev–Trinajstić information content (AvgIpc) is 3.03. The number of carbonyl (C=O) groups is 1. The fourth-order valence-electron chi connectivity index (χ4n) is 1.86. The van der Waals surface area contributed by atoms with Crippen molar-refractivity contribution in [2.24, 2.45) is 0 Å². The third-order valence-corrected chi connectivity index (χ3v) is 3.62. The number of rotatable bonds is 3. The first kappa shape index (κ1) is 14.1. The van der Waals surface area contributed by atoms with Crippen LogP contribution in [-0.4, -0.2) is 25.8 Å². The minimum atomic E-state index is -1.21. The molecule has 2 N–H and O–H groups in total. The molecule has 0 amide bonds. The van der Waals surface area contributed by atoms with E-state index in [-0.39, 0.29) is 22.1 Å². The largest absolute Gasteiger partial charge is 0.476 e. The second kappa shape index (κ2) is 5.19. The van der Waals surface area contributed by atoms with Gasteiger partial charge in [-0.15, -0.1) is 11.3 Å². The molecule has 112 valence electrons. The van der Waals surface area contributed by atoms with Crippen molar-refractivity contribution >= 4 is 17.3 Å². The van der Waals surface area contributed by atoms with E-state index in [2.05, 4.69) is 10.1 Å². The Labute approximate surface area is 125 Å². The number of aromatic nitrogens is 3. The van der Waals surface area contributed by atoms with Crippen molar-refractivity contribution in [3.63, 3.8) is 0 Å². The van der Waals surface area contributed by atoms with Crippen molar-refractivity contribution in [1.29, 1.82) is 0 Å². The molecule has 6 nitrogen and oxygen atoms in total. The first-order chi connectivity index (χ1) is 10.4. The van der Waals surface area contributed by atoms with Gasteiger partial charge < -0.3 is 5.11 Å². The van der Waals surface area contributed by atoms with E-state index in [0.717, 1.165) is 40.3 Å². The zero-order valence-electron chi connectivity index (χ0n) is 10.7. The summed E-state index contributed by atoms with van der Waals surface area (Å²) in [6.07, 6.45) is 0. The molecule has 0 fully saturated rings. The lowest BCUT2D eigenvalue weighted by molar-refractivity contribution is 0.0691. The van der Waals surface area contributed by atoms with Gasteiger partial charge in [-0.2, -0.15) is 4.68 Å². The van der Waals surface area contributed by atoms with E-state index in [1.54, 1.807) is 0 Å². The monoisotopic (exact) mass is 323 g/mol. The van der Waals surface area contributed by atoms with E-state index in [9.17, 15) is 18.4 Å². The second-order valence-corrected chi connectivity index (χ2v) is 5.16. The SMILES string of the molecule is O=C(O)c1csc(-n2[nH]c(-c3cc(F)cc(F)c3)cc2=O)n1. The number of nitrogens with zero attached hydrogens (tertiary/aromatic N) is 2. The van der Waals surface area contributed by atoms with Crippen molar-refractivity contribution in [3.8, 4) is 16.4 Å². The number of aromatic carboxylic acids is 1. The molecule has 0 bridgehead atoms. The fourth-order valence-corrected chi connectivity index (χ4v) is 2.62. The predicted octanol–water partition coefficient (Wildman–Crippen LogP) is 2.27. The van der Waals surface area contributed by atoms with E-state index in [1.165, 1.54) is 5.38 Å². The smallest absolute Gasteiger partial charge is 0.355 e. The van der Waals surface area contributed by atoms with Gasteiger partial charge in [0.05, 0.1) is 5.69 Å². The fraction of sp³-hybridized carbons (Fsp3) is 0. The maximum absolute atomic E-state index is 13.2. The van der Waals surface area contributed by atoms with Crippen LogP contribution < -0.4 is 5.56 Å². The zero-order valence-corrected chi connectivity index (χ0v) is 11.5. The summed E-state index contributed by atoms with van der Waals surface area (Å²) in [6, 6.07) is 4.01. The predicted molar refractivity (Wildman–Crippen MR) is 74.4 cm³/mol. The summed E-state index contributed by atoms with van der Waals surface area (Å²) in [7, 11) is 0. The summed E-state index contributed by atoms with van der Waals surface area (Å²) >= 11 is 0.952. The van der Waals surface area contributed by atoms with Gasteiger partial charge in [0.1, 0.15) is 11.6 Å². The third-order valence-electron chi connectivity index (χ3n) is 2.80. The highest BCUT2D eigenvalue weighted by Gasteiger charge is 2.14. The molecule has 3 rings (SSSR count). The molecule has 0 aliphatic carbocycles. The molecule has 0 unspecified atom stereocenters. The molecular weight excluding hydrogens is 316 g/mol. The summed E-state index contributed by atoms with van der Waals surface area (Å²) in [5.74, 6) is -2.76. The van der Waals surface area contributed by atoms with Crippen LogP contribution in [0.15, 0.2) is 34.4 Å². The van der Waals surface area contributed by atoms with E-state index >= 15 is 0 Å². The van der Waals surface area contributed by atoms with Crippen LogP contribution in [0, 0.1) is 11.6 Å². The summed E-state index contributed by atoms with van der Waals surface area (Å²) in [5, 5.41) is 12.9. The minimum Gasteiger partial charge on any atom is -0.476 e. The molecule has 0 saturated carbocycles. The first-order valence-electron chi connectivity index (χ1n) is 5.92. The van der Waals surface area contributed by atoms with Gasteiger partial charge in [-0.1, -0.05) is 0 Å². The number of H-pyrrole nitrogens is 1. The number of carboxylic acid groups (broad SMARTS) is 1. The van der Waals surface area contributed by atoms with E-state index in [1.807, 2.05) is 0 Å². The Bertz CT molecular complexity index is 909. The molecule has 0 aliphatic rings. The molecule has 0 spiro atoms. The molecule has 0 aliphatic heterocycles. The Morgan fingerprint density at radius 2 is 1.91 bits per heavy atom. The van der Waals surface area contributed by atoms with Gasteiger partial charge >= 0.3 is 5.97 Å². The lowest BCUT2D eigenvalue weighted by atomic mass is 10.1. The van der Waals surface area contributed by atoms with Crippen LogP contribution in [0.25, 0.3) is 16.4 Å². The summed E-state index contributed by atoms with van der Waals surface area (Å²) < 4.78 is 27.5. The highest BCUT2D eigenvalue weighted by atomic mass is 32.1. The summed E-state index contributed by atoms with van der Waals surface area (Å²) in [6.45, 7) is 0. The number of benzene rings is 1. The molecule has 2 heterocycles. The number of halogens is 2. The van der Waals surface area contributed by atoms with E-state index in [0.29, 0.717) is 0 Å². The van der Waals surface area contributed by atoms with E-state index in [4.69, 9.17) is 5.11 Å². The van der Waals surface area contributed by atoms with Crippen molar-refractivity contribution < 1.29 is 18.7 Å². The van der Waals surface area contributed by atoms with Crippen LogP contribution in [0.3, 0.4) is 0 Å². The van der Waals surface area contributed by atoms with Crippen LogP contribution in [0.5, 0.6) is 0 Å². The Kier molecular flexibility index (Phi) is 3.33. The zero-order chi connectivity index (χ0) is 15.9. The van der Waals surface area contributed by atoms with Gasteiger partial charge in [0.15, 0.2) is 5.69 Å². The number of hydrogen-bond donors (Lipinski definition) is 2. The van der Waals surface area contributed by atoms with Gasteiger partial charge in [-0.25, -0.2) is 18.6 Å². The average molecular weight is 323 g/mol.